The predicted octanol–water partition coefficient (Wildman–Crippen LogP) is 2.58. The number of ether oxygens (including phenoxy) is 1. The number of nitro benzene ring substituents is 1. The van der Waals surface area contributed by atoms with Crippen LogP contribution in [0.25, 0.3) is 11.5 Å². The standard InChI is InChI=1S/C16H12N4O5/c17-12-7-6-11(8-13(12)20(22)23)16(21)24-9-14-18-19-15(25-14)10-4-2-1-3-5-10/h1-8H,9,17H2. The second kappa shape index (κ2) is 6.79. The zero-order valence-electron chi connectivity index (χ0n) is 12.8. The summed E-state index contributed by atoms with van der Waals surface area (Å²) in [5.41, 5.74) is 5.83. The zero-order valence-corrected chi connectivity index (χ0v) is 12.8. The molecule has 25 heavy (non-hydrogen) atoms. The lowest BCUT2D eigenvalue weighted by Gasteiger charge is -2.03. The largest absolute Gasteiger partial charge is 0.452 e. The van der Waals surface area contributed by atoms with Gasteiger partial charge in [0.1, 0.15) is 5.69 Å². The number of aromatic nitrogens is 2. The van der Waals surface area contributed by atoms with Crippen molar-refractivity contribution in [2.45, 2.75) is 6.61 Å². The maximum Gasteiger partial charge on any atom is 0.338 e. The average molecular weight is 340 g/mol. The van der Waals surface area contributed by atoms with Gasteiger partial charge in [-0.15, -0.1) is 10.2 Å². The molecule has 3 rings (SSSR count). The molecule has 0 aliphatic heterocycles. The first-order valence-electron chi connectivity index (χ1n) is 7.13. The van der Waals surface area contributed by atoms with Crippen LogP contribution in [-0.2, 0) is 11.3 Å². The van der Waals surface area contributed by atoms with Crippen molar-refractivity contribution in [1.29, 1.82) is 0 Å². The Morgan fingerprint density at radius 3 is 2.68 bits per heavy atom. The van der Waals surface area contributed by atoms with Crippen LogP contribution in [0.3, 0.4) is 0 Å². The molecule has 0 atom stereocenters. The van der Waals surface area contributed by atoms with Crippen molar-refractivity contribution in [3.05, 3.63) is 70.1 Å². The maximum atomic E-state index is 12.0. The van der Waals surface area contributed by atoms with E-state index in [2.05, 4.69) is 10.2 Å². The van der Waals surface area contributed by atoms with Crippen LogP contribution in [-0.4, -0.2) is 21.1 Å². The summed E-state index contributed by atoms with van der Waals surface area (Å²) in [4.78, 5) is 22.2. The number of benzene rings is 2. The van der Waals surface area contributed by atoms with Gasteiger partial charge in [-0.05, 0) is 24.3 Å². The van der Waals surface area contributed by atoms with Gasteiger partial charge in [0.05, 0.1) is 10.5 Å². The third kappa shape index (κ3) is 3.61. The Morgan fingerprint density at radius 1 is 1.20 bits per heavy atom. The number of hydrogen-bond donors (Lipinski definition) is 1. The topological polar surface area (TPSA) is 134 Å². The maximum absolute atomic E-state index is 12.0. The lowest BCUT2D eigenvalue weighted by Crippen LogP contribution is -2.07. The minimum Gasteiger partial charge on any atom is -0.452 e. The normalized spacial score (nSPS) is 10.4. The Labute approximate surface area is 141 Å². The number of hydrogen-bond acceptors (Lipinski definition) is 8. The van der Waals surface area contributed by atoms with Crippen LogP contribution in [0.1, 0.15) is 16.2 Å². The molecule has 0 amide bonds. The summed E-state index contributed by atoms with van der Waals surface area (Å²) in [5, 5.41) is 18.5. The van der Waals surface area contributed by atoms with Crippen LogP contribution in [0.4, 0.5) is 11.4 Å². The molecule has 3 aromatic rings. The van der Waals surface area contributed by atoms with Gasteiger partial charge in [0.15, 0.2) is 6.61 Å². The molecule has 2 N–H and O–H groups in total. The fourth-order valence-corrected chi connectivity index (χ4v) is 2.05. The lowest BCUT2D eigenvalue weighted by atomic mass is 10.2. The lowest BCUT2D eigenvalue weighted by molar-refractivity contribution is -0.383. The van der Waals surface area contributed by atoms with Crippen LogP contribution in [0.15, 0.2) is 52.9 Å². The minimum atomic E-state index is -0.762. The Kier molecular flexibility index (Phi) is 4.38. The van der Waals surface area contributed by atoms with Gasteiger partial charge in [0.2, 0.25) is 5.89 Å². The van der Waals surface area contributed by atoms with Crippen LogP contribution in [0, 0.1) is 10.1 Å². The SMILES string of the molecule is Nc1ccc(C(=O)OCc2nnc(-c3ccccc3)o2)cc1[N+](=O)[O-]. The Balaban J connectivity index is 1.68. The minimum absolute atomic E-state index is 0.00342. The number of nitrogen functional groups attached to an aromatic ring is 1. The molecular formula is C16H12N4O5. The number of nitro groups is 1. The van der Waals surface area contributed by atoms with Gasteiger partial charge in [0, 0.05) is 11.6 Å². The molecule has 0 radical (unpaired) electrons. The molecule has 0 bridgehead atoms. The number of anilines is 1. The van der Waals surface area contributed by atoms with Crippen LogP contribution < -0.4 is 5.73 Å². The third-order valence-corrected chi connectivity index (χ3v) is 3.28. The van der Waals surface area contributed by atoms with Gasteiger partial charge in [-0.3, -0.25) is 10.1 Å². The van der Waals surface area contributed by atoms with Crippen molar-refractivity contribution in [3.8, 4) is 11.5 Å². The van der Waals surface area contributed by atoms with Crippen molar-refractivity contribution in [2.75, 3.05) is 5.73 Å². The van der Waals surface area contributed by atoms with E-state index in [9.17, 15) is 14.9 Å². The molecule has 1 aromatic heterocycles. The van der Waals surface area contributed by atoms with Crippen LogP contribution in [0.2, 0.25) is 0 Å². The summed E-state index contributed by atoms with van der Waals surface area (Å²) in [7, 11) is 0. The van der Waals surface area contributed by atoms with Gasteiger partial charge in [-0.1, -0.05) is 18.2 Å². The Hall–Kier alpha value is -3.75. The zero-order chi connectivity index (χ0) is 17.8. The summed E-state index contributed by atoms with van der Waals surface area (Å²) >= 11 is 0. The molecule has 0 aliphatic rings. The van der Waals surface area contributed by atoms with Crippen molar-refractivity contribution in [2.24, 2.45) is 0 Å². The van der Waals surface area contributed by atoms with Crippen molar-refractivity contribution >= 4 is 17.3 Å². The van der Waals surface area contributed by atoms with Gasteiger partial charge in [-0.25, -0.2) is 4.79 Å². The first-order chi connectivity index (χ1) is 12.0. The number of nitrogens with two attached hydrogens (primary N) is 1. The first-order valence-corrected chi connectivity index (χ1v) is 7.13. The summed E-state index contributed by atoms with van der Waals surface area (Å²) in [5.74, 6) is -0.352. The second-order valence-electron chi connectivity index (χ2n) is 4.97. The number of nitrogens with zero attached hydrogens (tertiary/aromatic N) is 3. The van der Waals surface area contributed by atoms with E-state index in [0.29, 0.717) is 5.89 Å². The smallest absolute Gasteiger partial charge is 0.338 e. The summed E-state index contributed by atoms with van der Waals surface area (Å²) in [6.07, 6.45) is 0. The van der Waals surface area contributed by atoms with E-state index >= 15 is 0 Å². The summed E-state index contributed by atoms with van der Waals surface area (Å²) in [6.45, 7) is -0.253. The van der Waals surface area contributed by atoms with Gasteiger partial charge in [0.25, 0.3) is 11.6 Å². The quantitative estimate of drug-likeness (QED) is 0.324. The highest BCUT2D eigenvalue weighted by atomic mass is 16.6. The van der Waals surface area contributed by atoms with E-state index in [1.807, 2.05) is 18.2 Å². The van der Waals surface area contributed by atoms with Gasteiger partial charge >= 0.3 is 5.97 Å². The molecule has 0 unspecified atom stereocenters. The van der Waals surface area contributed by atoms with E-state index < -0.39 is 10.9 Å². The highest BCUT2D eigenvalue weighted by Crippen LogP contribution is 2.23. The highest BCUT2D eigenvalue weighted by Gasteiger charge is 2.17. The van der Waals surface area contributed by atoms with Crippen LogP contribution >= 0.6 is 0 Å². The Bertz CT molecular complexity index is 923. The van der Waals surface area contributed by atoms with E-state index in [-0.39, 0.29) is 29.4 Å². The average Bonchev–Trinajstić information content (AvgIpc) is 3.09. The van der Waals surface area contributed by atoms with E-state index in [4.69, 9.17) is 14.9 Å². The summed E-state index contributed by atoms with van der Waals surface area (Å²) < 4.78 is 10.4. The number of carbonyl (C=O) groups excluding carboxylic acids is 1. The monoisotopic (exact) mass is 340 g/mol. The molecular weight excluding hydrogens is 328 g/mol. The van der Waals surface area contributed by atoms with Crippen molar-refractivity contribution < 1.29 is 18.9 Å². The Morgan fingerprint density at radius 2 is 1.96 bits per heavy atom. The van der Waals surface area contributed by atoms with E-state index in [1.54, 1.807) is 12.1 Å². The molecule has 0 fully saturated rings. The van der Waals surface area contributed by atoms with E-state index in [1.165, 1.54) is 12.1 Å². The molecule has 2 aromatic carbocycles. The molecule has 9 heteroatoms. The molecule has 0 aliphatic carbocycles. The van der Waals surface area contributed by atoms with Gasteiger partial charge < -0.3 is 14.9 Å². The van der Waals surface area contributed by atoms with Crippen LogP contribution in [0.5, 0.6) is 0 Å². The number of rotatable bonds is 5. The molecule has 126 valence electrons. The van der Waals surface area contributed by atoms with Crippen molar-refractivity contribution in [1.82, 2.24) is 10.2 Å². The number of esters is 1. The molecule has 0 saturated carbocycles. The fraction of sp³-hybridized carbons (Fsp3) is 0.0625. The molecule has 0 saturated heterocycles. The fourth-order valence-electron chi connectivity index (χ4n) is 2.05. The highest BCUT2D eigenvalue weighted by molar-refractivity contribution is 5.91. The predicted molar refractivity (Wildman–Crippen MR) is 86.4 cm³/mol. The third-order valence-electron chi connectivity index (χ3n) is 3.28. The molecule has 1 heterocycles. The first kappa shape index (κ1) is 16.1. The molecule has 0 spiro atoms. The summed E-state index contributed by atoms with van der Waals surface area (Å²) in [6, 6.07) is 12.8. The van der Waals surface area contributed by atoms with Gasteiger partial charge in [-0.2, -0.15) is 0 Å². The number of carbonyl (C=O) groups is 1. The molecule has 9 nitrogen and oxygen atoms in total. The van der Waals surface area contributed by atoms with E-state index in [0.717, 1.165) is 11.6 Å². The van der Waals surface area contributed by atoms with Crippen molar-refractivity contribution in [3.63, 3.8) is 0 Å². The second-order valence-corrected chi connectivity index (χ2v) is 4.97.